The first-order valence-corrected chi connectivity index (χ1v) is 10.1. The lowest BCUT2D eigenvalue weighted by molar-refractivity contribution is -0.121. The summed E-state index contributed by atoms with van der Waals surface area (Å²) in [5.74, 6) is 1.32. The van der Waals surface area contributed by atoms with Crippen molar-refractivity contribution in [2.75, 3.05) is 24.7 Å². The van der Waals surface area contributed by atoms with Crippen LogP contribution in [0, 0.1) is 13.8 Å². The third kappa shape index (κ3) is 3.84. The molecule has 0 radical (unpaired) electrons. The predicted molar refractivity (Wildman–Crippen MR) is 112 cm³/mol. The Morgan fingerprint density at radius 3 is 2.71 bits per heavy atom. The van der Waals surface area contributed by atoms with Gasteiger partial charge in [-0.1, -0.05) is 11.6 Å². The molecule has 0 saturated carbocycles. The fraction of sp³-hybridized carbons (Fsp3) is 0.238. The molecule has 0 bridgehead atoms. The first-order chi connectivity index (χ1) is 13.5. The summed E-state index contributed by atoms with van der Waals surface area (Å²) >= 11 is 7.56. The van der Waals surface area contributed by atoms with Gasteiger partial charge in [-0.2, -0.15) is 0 Å². The molecule has 2 heterocycles. The maximum absolute atomic E-state index is 12.5. The standard InChI is InChI=1S/C21H19ClN2O3S/c1-13-21(23-14(2)28-13)15-3-8-19-18(11-15)24(20(25)12-27-19)9-10-26-17-6-4-16(22)5-7-17/h3-8,11H,9-10,12H2,1-2H3. The van der Waals surface area contributed by atoms with E-state index in [0.29, 0.717) is 29.7 Å². The number of thiazole rings is 1. The maximum atomic E-state index is 12.5. The van der Waals surface area contributed by atoms with Gasteiger partial charge >= 0.3 is 0 Å². The van der Waals surface area contributed by atoms with Gasteiger partial charge in [0.25, 0.3) is 5.91 Å². The van der Waals surface area contributed by atoms with E-state index < -0.39 is 0 Å². The van der Waals surface area contributed by atoms with Gasteiger partial charge in [-0.3, -0.25) is 4.79 Å². The number of amides is 1. The molecule has 1 aromatic heterocycles. The maximum Gasteiger partial charge on any atom is 0.265 e. The van der Waals surface area contributed by atoms with Crippen LogP contribution >= 0.6 is 22.9 Å². The van der Waals surface area contributed by atoms with Crippen LogP contribution in [0.3, 0.4) is 0 Å². The number of ether oxygens (including phenoxy) is 2. The van der Waals surface area contributed by atoms with Crippen LogP contribution in [0.2, 0.25) is 5.02 Å². The third-order valence-electron chi connectivity index (χ3n) is 4.48. The molecule has 1 amide bonds. The topological polar surface area (TPSA) is 51.7 Å². The molecule has 3 aromatic rings. The molecule has 0 N–H and O–H groups in total. The lowest BCUT2D eigenvalue weighted by atomic mass is 10.1. The number of carbonyl (C=O) groups is 1. The lowest BCUT2D eigenvalue weighted by Crippen LogP contribution is -2.41. The predicted octanol–water partition coefficient (Wildman–Crippen LogP) is 4.88. The van der Waals surface area contributed by atoms with E-state index in [4.69, 9.17) is 21.1 Å². The third-order valence-corrected chi connectivity index (χ3v) is 5.61. The van der Waals surface area contributed by atoms with E-state index in [0.717, 1.165) is 26.8 Å². The van der Waals surface area contributed by atoms with Crippen molar-refractivity contribution in [1.29, 1.82) is 0 Å². The Bertz CT molecular complexity index is 1020. The minimum atomic E-state index is -0.0875. The molecule has 144 valence electrons. The number of hydrogen-bond donors (Lipinski definition) is 0. The van der Waals surface area contributed by atoms with Gasteiger partial charge in [0.15, 0.2) is 6.61 Å². The van der Waals surface area contributed by atoms with E-state index in [1.807, 2.05) is 37.3 Å². The zero-order chi connectivity index (χ0) is 19.7. The second-order valence-corrected chi connectivity index (χ2v) is 8.30. The molecule has 0 saturated heterocycles. The van der Waals surface area contributed by atoms with E-state index in [2.05, 4.69) is 11.9 Å². The van der Waals surface area contributed by atoms with Gasteiger partial charge in [0.2, 0.25) is 0 Å². The first-order valence-electron chi connectivity index (χ1n) is 8.91. The number of benzene rings is 2. The minimum absolute atomic E-state index is 0.0299. The Morgan fingerprint density at radius 1 is 1.21 bits per heavy atom. The molecule has 0 fully saturated rings. The van der Waals surface area contributed by atoms with Crippen molar-refractivity contribution in [1.82, 2.24) is 4.98 Å². The van der Waals surface area contributed by atoms with Gasteiger partial charge in [0.05, 0.1) is 22.9 Å². The highest BCUT2D eigenvalue weighted by Crippen LogP contribution is 2.37. The van der Waals surface area contributed by atoms with E-state index in [1.54, 1.807) is 28.4 Å². The first kappa shape index (κ1) is 18.8. The summed E-state index contributed by atoms with van der Waals surface area (Å²) in [4.78, 5) is 20.0. The van der Waals surface area contributed by atoms with Crippen LogP contribution in [0.5, 0.6) is 11.5 Å². The number of fused-ring (bicyclic) bond motifs is 1. The Hall–Kier alpha value is -2.57. The van der Waals surface area contributed by atoms with Crippen molar-refractivity contribution in [3.63, 3.8) is 0 Å². The fourth-order valence-electron chi connectivity index (χ4n) is 3.18. The number of aromatic nitrogens is 1. The highest BCUT2D eigenvalue weighted by molar-refractivity contribution is 7.11. The summed E-state index contributed by atoms with van der Waals surface area (Å²) in [6.45, 7) is 4.87. The zero-order valence-electron chi connectivity index (χ0n) is 15.6. The van der Waals surface area contributed by atoms with Crippen LogP contribution in [0.15, 0.2) is 42.5 Å². The molecular formula is C21H19ClN2O3S. The SMILES string of the molecule is Cc1nc(-c2ccc3c(c2)N(CCOc2ccc(Cl)cc2)C(=O)CO3)c(C)s1. The van der Waals surface area contributed by atoms with Crippen LogP contribution in [0.25, 0.3) is 11.3 Å². The minimum Gasteiger partial charge on any atom is -0.492 e. The van der Waals surface area contributed by atoms with Gasteiger partial charge in [0.1, 0.15) is 18.1 Å². The van der Waals surface area contributed by atoms with E-state index in [-0.39, 0.29) is 12.5 Å². The summed E-state index contributed by atoms with van der Waals surface area (Å²) in [5.41, 5.74) is 2.67. The number of aryl methyl sites for hydroxylation is 2. The van der Waals surface area contributed by atoms with Crippen molar-refractivity contribution >= 4 is 34.5 Å². The number of anilines is 1. The smallest absolute Gasteiger partial charge is 0.265 e. The van der Waals surface area contributed by atoms with Gasteiger partial charge in [-0.25, -0.2) is 4.98 Å². The number of halogens is 1. The second kappa shape index (κ2) is 7.81. The fourth-order valence-corrected chi connectivity index (χ4v) is 4.14. The molecule has 7 heteroatoms. The average Bonchev–Trinajstić information content (AvgIpc) is 3.03. The molecule has 4 rings (SSSR count). The van der Waals surface area contributed by atoms with Gasteiger partial charge in [-0.15, -0.1) is 11.3 Å². The monoisotopic (exact) mass is 414 g/mol. The van der Waals surface area contributed by atoms with Crippen LogP contribution in [0.4, 0.5) is 5.69 Å². The van der Waals surface area contributed by atoms with Crippen molar-refractivity contribution in [3.05, 3.63) is 57.4 Å². The van der Waals surface area contributed by atoms with Crippen LogP contribution in [-0.2, 0) is 4.79 Å². The summed E-state index contributed by atoms with van der Waals surface area (Å²) < 4.78 is 11.4. The average molecular weight is 415 g/mol. The largest absolute Gasteiger partial charge is 0.492 e. The molecule has 28 heavy (non-hydrogen) atoms. The normalized spacial score (nSPS) is 13.2. The molecule has 0 aliphatic carbocycles. The quantitative estimate of drug-likeness (QED) is 0.596. The van der Waals surface area contributed by atoms with Crippen molar-refractivity contribution in [2.45, 2.75) is 13.8 Å². The second-order valence-electron chi connectivity index (χ2n) is 6.46. The lowest BCUT2D eigenvalue weighted by Gasteiger charge is -2.29. The van der Waals surface area contributed by atoms with E-state index >= 15 is 0 Å². The summed E-state index contributed by atoms with van der Waals surface area (Å²) in [6.07, 6.45) is 0. The summed E-state index contributed by atoms with van der Waals surface area (Å²) in [7, 11) is 0. The van der Waals surface area contributed by atoms with Gasteiger partial charge in [0, 0.05) is 15.5 Å². The van der Waals surface area contributed by atoms with Crippen molar-refractivity contribution < 1.29 is 14.3 Å². The molecule has 1 aliphatic heterocycles. The Balaban J connectivity index is 1.55. The van der Waals surface area contributed by atoms with Crippen LogP contribution in [-0.4, -0.2) is 30.6 Å². The molecule has 0 spiro atoms. The number of hydrogen-bond acceptors (Lipinski definition) is 5. The zero-order valence-corrected chi connectivity index (χ0v) is 17.1. The highest BCUT2D eigenvalue weighted by Gasteiger charge is 2.26. The molecule has 0 atom stereocenters. The molecular weight excluding hydrogens is 396 g/mol. The van der Waals surface area contributed by atoms with E-state index in [9.17, 15) is 4.79 Å². The van der Waals surface area contributed by atoms with Gasteiger partial charge in [-0.05, 0) is 56.3 Å². The number of rotatable bonds is 5. The Labute approximate surface area is 172 Å². The van der Waals surface area contributed by atoms with Crippen LogP contribution < -0.4 is 14.4 Å². The molecule has 2 aromatic carbocycles. The van der Waals surface area contributed by atoms with Crippen molar-refractivity contribution in [3.8, 4) is 22.8 Å². The molecule has 5 nitrogen and oxygen atoms in total. The summed E-state index contributed by atoms with van der Waals surface area (Å²) in [6, 6.07) is 13.0. The van der Waals surface area contributed by atoms with Gasteiger partial charge < -0.3 is 14.4 Å². The number of carbonyl (C=O) groups excluding carboxylic acids is 1. The number of nitrogens with zero attached hydrogens (tertiary/aromatic N) is 2. The van der Waals surface area contributed by atoms with E-state index in [1.165, 1.54) is 0 Å². The highest BCUT2D eigenvalue weighted by atomic mass is 35.5. The summed E-state index contributed by atoms with van der Waals surface area (Å²) in [5, 5.41) is 1.68. The molecule has 1 aliphatic rings. The van der Waals surface area contributed by atoms with Crippen molar-refractivity contribution in [2.24, 2.45) is 0 Å². The Kier molecular flexibility index (Phi) is 5.24. The van der Waals surface area contributed by atoms with Crippen LogP contribution in [0.1, 0.15) is 9.88 Å². The molecule has 0 unspecified atom stereocenters. The Morgan fingerprint density at radius 2 is 2.00 bits per heavy atom.